The van der Waals surface area contributed by atoms with Crippen LogP contribution in [0.1, 0.15) is 55.4 Å². The van der Waals surface area contributed by atoms with Crippen molar-refractivity contribution in [3.63, 3.8) is 0 Å². The van der Waals surface area contributed by atoms with Gasteiger partial charge in [0.1, 0.15) is 0 Å². The Labute approximate surface area is 118 Å². The fourth-order valence-electron chi connectivity index (χ4n) is 1.33. The molecule has 0 aromatic heterocycles. The zero-order valence-electron chi connectivity index (χ0n) is 13.4. The number of rotatable bonds is 4. The number of hydrogen-bond acceptors (Lipinski definition) is 6. The molecule has 120 valence electrons. The monoisotopic (exact) mass is 298 g/mol. The Kier molecular flexibility index (Phi) is 16.1. The van der Waals surface area contributed by atoms with Gasteiger partial charge in [-0.25, -0.2) is 0 Å². The average Bonchev–Trinajstić information content (AvgIpc) is 1.93. The molecule has 0 fully saturated rings. The summed E-state index contributed by atoms with van der Waals surface area (Å²) in [4.78, 5) is 0. The van der Waals surface area contributed by atoms with E-state index in [4.69, 9.17) is 17.5 Å². The molecule has 0 atom stereocenters. The van der Waals surface area contributed by atoms with Gasteiger partial charge in [-0.3, -0.25) is 8.42 Å². The van der Waals surface area contributed by atoms with Crippen LogP contribution in [0, 0.1) is 0 Å². The van der Waals surface area contributed by atoms with Crippen LogP contribution in [0.25, 0.3) is 0 Å². The zero-order chi connectivity index (χ0) is 16.2. The van der Waals surface area contributed by atoms with E-state index in [0.717, 1.165) is 0 Å². The topological polar surface area (TPSA) is 104 Å². The summed E-state index contributed by atoms with van der Waals surface area (Å²) in [7, 11) is -5.17. The highest BCUT2D eigenvalue weighted by molar-refractivity contribution is 7.79. The molecule has 0 heterocycles. The van der Waals surface area contributed by atoms with Gasteiger partial charge in [0.25, 0.3) is 0 Å². The molecule has 19 heavy (non-hydrogen) atoms. The summed E-state index contributed by atoms with van der Waals surface area (Å²) < 4.78 is 34.1. The summed E-state index contributed by atoms with van der Waals surface area (Å²) in [5.41, 5.74) is 0. The highest BCUT2D eigenvalue weighted by Gasteiger charge is 1.93. The Morgan fingerprint density at radius 3 is 0.737 bits per heavy atom. The predicted octanol–water partition coefficient (Wildman–Crippen LogP) is 1.45. The molecule has 0 spiro atoms. The first-order valence-electron chi connectivity index (χ1n) is 6.44. The molecular formula is C12H30N2O4S-2. The van der Waals surface area contributed by atoms with E-state index in [1.54, 1.807) is 0 Å². The summed E-state index contributed by atoms with van der Waals surface area (Å²) in [6.45, 7) is 17.2. The van der Waals surface area contributed by atoms with Crippen LogP contribution in [0.2, 0.25) is 0 Å². The molecule has 0 amide bonds. The minimum atomic E-state index is -5.17. The van der Waals surface area contributed by atoms with Gasteiger partial charge in [0.2, 0.25) is 0 Å². The molecule has 0 aliphatic heterocycles. The minimum absolute atomic E-state index is 0.625. The SMILES string of the molecule is CC(C)NC(C)C.CC(C)NC(C)C.O=S(=O)([O-])[O-]. The van der Waals surface area contributed by atoms with Crippen molar-refractivity contribution < 1.29 is 17.5 Å². The second kappa shape index (κ2) is 12.8. The van der Waals surface area contributed by atoms with Crippen molar-refractivity contribution in [1.82, 2.24) is 10.6 Å². The van der Waals surface area contributed by atoms with Crippen LogP contribution >= 0.6 is 0 Å². The van der Waals surface area contributed by atoms with Crippen molar-refractivity contribution >= 4 is 10.4 Å². The lowest BCUT2D eigenvalue weighted by Crippen LogP contribution is -2.29. The van der Waals surface area contributed by atoms with Crippen LogP contribution in [0.5, 0.6) is 0 Å². The second-order valence-corrected chi connectivity index (χ2v) is 6.18. The van der Waals surface area contributed by atoms with E-state index >= 15 is 0 Å². The minimum Gasteiger partial charge on any atom is -0.759 e. The van der Waals surface area contributed by atoms with Crippen molar-refractivity contribution in [1.29, 1.82) is 0 Å². The van der Waals surface area contributed by atoms with Crippen LogP contribution in [0.4, 0.5) is 0 Å². The molecule has 0 aliphatic carbocycles. The van der Waals surface area contributed by atoms with Crippen LogP contribution in [-0.2, 0) is 10.4 Å². The molecule has 0 aromatic carbocycles. The number of hydrogen-bond donors (Lipinski definition) is 2. The quantitative estimate of drug-likeness (QED) is 0.601. The zero-order valence-corrected chi connectivity index (χ0v) is 14.2. The fraction of sp³-hybridized carbons (Fsp3) is 1.00. The maximum absolute atomic E-state index is 8.52. The van der Waals surface area contributed by atoms with E-state index < -0.39 is 10.4 Å². The largest absolute Gasteiger partial charge is 0.759 e. The van der Waals surface area contributed by atoms with Gasteiger partial charge in [-0.15, -0.1) is 0 Å². The van der Waals surface area contributed by atoms with Crippen LogP contribution in [-0.4, -0.2) is 41.7 Å². The summed E-state index contributed by atoms with van der Waals surface area (Å²) in [6, 6.07) is 2.50. The van der Waals surface area contributed by atoms with E-state index in [0.29, 0.717) is 24.2 Å². The van der Waals surface area contributed by atoms with E-state index in [-0.39, 0.29) is 0 Å². The maximum atomic E-state index is 8.52. The van der Waals surface area contributed by atoms with E-state index in [2.05, 4.69) is 66.0 Å². The molecule has 0 saturated carbocycles. The highest BCUT2D eigenvalue weighted by Crippen LogP contribution is 1.81. The van der Waals surface area contributed by atoms with Crippen molar-refractivity contribution in [2.24, 2.45) is 0 Å². The Bertz CT molecular complexity index is 241. The van der Waals surface area contributed by atoms with Crippen molar-refractivity contribution in [3.8, 4) is 0 Å². The molecule has 0 aliphatic rings. The Morgan fingerprint density at radius 1 is 0.632 bits per heavy atom. The predicted molar refractivity (Wildman–Crippen MR) is 77.3 cm³/mol. The van der Waals surface area contributed by atoms with Gasteiger partial charge in [-0.05, 0) is 0 Å². The molecule has 6 nitrogen and oxygen atoms in total. The smallest absolute Gasteiger partial charge is 0.0311 e. The van der Waals surface area contributed by atoms with Gasteiger partial charge < -0.3 is 19.7 Å². The van der Waals surface area contributed by atoms with Gasteiger partial charge in [0.05, 0.1) is 0 Å². The van der Waals surface area contributed by atoms with Crippen molar-refractivity contribution in [2.75, 3.05) is 0 Å². The van der Waals surface area contributed by atoms with Gasteiger partial charge in [-0.1, -0.05) is 55.4 Å². The summed E-state index contributed by atoms with van der Waals surface area (Å²) >= 11 is 0. The fourth-order valence-corrected chi connectivity index (χ4v) is 1.33. The second-order valence-electron chi connectivity index (χ2n) is 5.36. The average molecular weight is 298 g/mol. The lowest BCUT2D eigenvalue weighted by Gasteiger charge is -2.10. The molecule has 0 aromatic rings. The normalized spacial score (nSPS) is 11.3. The first-order valence-corrected chi connectivity index (χ1v) is 7.77. The first-order chi connectivity index (χ1) is 8.25. The summed E-state index contributed by atoms with van der Waals surface area (Å²) in [5.74, 6) is 0. The van der Waals surface area contributed by atoms with E-state index in [1.807, 2.05) is 0 Å². The highest BCUT2D eigenvalue weighted by atomic mass is 32.3. The van der Waals surface area contributed by atoms with Gasteiger partial charge in [0, 0.05) is 34.6 Å². The third-order valence-corrected chi connectivity index (χ3v) is 1.33. The lowest BCUT2D eigenvalue weighted by molar-refractivity contribution is 0.352. The third kappa shape index (κ3) is 73.1. The Balaban J connectivity index is -0.000000206. The molecule has 0 bridgehead atoms. The Morgan fingerprint density at radius 2 is 0.737 bits per heavy atom. The maximum Gasteiger partial charge on any atom is 0.0311 e. The molecule has 0 unspecified atom stereocenters. The molecule has 0 rings (SSSR count). The van der Waals surface area contributed by atoms with Gasteiger partial charge >= 0.3 is 0 Å². The molecule has 7 heteroatoms. The van der Waals surface area contributed by atoms with E-state index in [1.165, 1.54) is 0 Å². The summed E-state index contributed by atoms with van der Waals surface area (Å²) in [5, 5.41) is 6.61. The molecular weight excluding hydrogens is 268 g/mol. The molecule has 2 N–H and O–H groups in total. The lowest BCUT2D eigenvalue weighted by atomic mass is 10.3. The van der Waals surface area contributed by atoms with Gasteiger partial charge in [0.15, 0.2) is 0 Å². The first kappa shape index (κ1) is 23.9. The molecule has 0 saturated heterocycles. The summed E-state index contributed by atoms with van der Waals surface area (Å²) in [6.07, 6.45) is 0. The molecule has 0 radical (unpaired) electrons. The Hall–Kier alpha value is -0.210. The van der Waals surface area contributed by atoms with Gasteiger partial charge in [-0.2, -0.15) is 0 Å². The van der Waals surface area contributed by atoms with E-state index in [9.17, 15) is 0 Å². The van der Waals surface area contributed by atoms with Crippen LogP contribution in [0.3, 0.4) is 0 Å². The number of nitrogens with one attached hydrogen (secondary N) is 2. The van der Waals surface area contributed by atoms with Crippen LogP contribution < -0.4 is 10.6 Å². The van der Waals surface area contributed by atoms with Crippen LogP contribution in [0.15, 0.2) is 0 Å². The van der Waals surface area contributed by atoms with Crippen molar-refractivity contribution in [2.45, 2.75) is 79.6 Å². The van der Waals surface area contributed by atoms with Crippen molar-refractivity contribution in [3.05, 3.63) is 0 Å². The third-order valence-electron chi connectivity index (χ3n) is 1.33. The standard InChI is InChI=1S/2C6H15N.H2O4S/c2*1-5(2)7-6(3)4;1-5(2,3)4/h2*5-7H,1-4H3;(H2,1,2,3,4)/p-2.